The molecule has 2 N–H and O–H groups in total. The van der Waals surface area contributed by atoms with E-state index in [1.807, 2.05) is 0 Å². The monoisotopic (exact) mass is 141 g/mol. The van der Waals surface area contributed by atoms with E-state index in [1.165, 1.54) is 6.42 Å². The summed E-state index contributed by atoms with van der Waals surface area (Å²) in [6.45, 7) is 7.77. The molecule has 0 amide bonds. The summed E-state index contributed by atoms with van der Waals surface area (Å²) in [5, 5.41) is 0. The Kier molecular flexibility index (Phi) is 2.35. The van der Waals surface area contributed by atoms with Crippen molar-refractivity contribution >= 4 is 0 Å². The minimum Gasteiger partial charge on any atom is -0.330 e. The lowest BCUT2D eigenvalue weighted by Crippen LogP contribution is -2.14. The SMILES string of the molecule is CC(CN)C1C[C@H]1C(C)C. The van der Waals surface area contributed by atoms with Crippen LogP contribution in [0.3, 0.4) is 0 Å². The van der Waals surface area contributed by atoms with E-state index in [2.05, 4.69) is 20.8 Å². The molecule has 0 aromatic carbocycles. The van der Waals surface area contributed by atoms with Crippen LogP contribution in [-0.4, -0.2) is 6.54 Å². The minimum atomic E-state index is 0.757. The van der Waals surface area contributed by atoms with Crippen LogP contribution < -0.4 is 5.73 Å². The van der Waals surface area contributed by atoms with Crippen LogP contribution in [0.25, 0.3) is 0 Å². The highest BCUT2D eigenvalue weighted by Crippen LogP contribution is 2.48. The van der Waals surface area contributed by atoms with Gasteiger partial charge in [-0.1, -0.05) is 20.8 Å². The Morgan fingerprint density at radius 2 is 1.90 bits per heavy atom. The molecule has 0 saturated heterocycles. The second-order valence-corrected chi connectivity index (χ2v) is 4.02. The van der Waals surface area contributed by atoms with E-state index in [0.29, 0.717) is 0 Å². The van der Waals surface area contributed by atoms with Crippen LogP contribution >= 0.6 is 0 Å². The van der Waals surface area contributed by atoms with Crippen LogP contribution in [-0.2, 0) is 0 Å². The second kappa shape index (κ2) is 2.91. The molecule has 0 radical (unpaired) electrons. The zero-order chi connectivity index (χ0) is 7.72. The fourth-order valence-electron chi connectivity index (χ4n) is 1.83. The molecule has 3 atom stereocenters. The number of hydrogen-bond acceptors (Lipinski definition) is 1. The summed E-state index contributed by atoms with van der Waals surface area (Å²) in [5.41, 5.74) is 5.58. The third-order valence-corrected chi connectivity index (χ3v) is 2.85. The Balaban J connectivity index is 2.24. The molecule has 1 saturated carbocycles. The first-order valence-electron chi connectivity index (χ1n) is 4.37. The molecular weight excluding hydrogens is 122 g/mol. The van der Waals surface area contributed by atoms with Crippen molar-refractivity contribution in [2.24, 2.45) is 29.4 Å². The summed E-state index contributed by atoms with van der Waals surface area (Å²) in [5.74, 6) is 3.56. The smallest absolute Gasteiger partial charge is 0.00487 e. The van der Waals surface area contributed by atoms with Crippen LogP contribution in [0.1, 0.15) is 27.2 Å². The third kappa shape index (κ3) is 1.51. The van der Waals surface area contributed by atoms with Gasteiger partial charge in [-0.25, -0.2) is 0 Å². The average Bonchev–Trinajstić information content (AvgIpc) is 2.64. The first kappa shape index (κ1) is 8.06. The normalized spacial score (nSPS) is 34.5. The predicted molar refractivity (Wildman–Crippen MR) is 44.7 cm³/mol. The summed E-state index contributed by atoms with van der Waals surface area (Å²) < 4.78 is 0. The maximum atomic E-state index is 5.58. The number of nitrogens with two attached hydrogens (primary N) is 1. The molecule has 1 nitrogen and oxygen atoms in total. The number of hydrogen-bond donors (Lipinski definition) is 1. The molecule has 1 aliphatic carbocycles. The van der Waals surface area contributed by atoms with Gasteiger partial charge < -0.3 is 5.73 Å². The van der Waals surface area contributed by atoms with Gasteiger partial charge in [0.15, 0.2) is 0 Å². The van der Waals surface area contributed by atoms with Crippen LogP contribution in [0, 0.1) is 23.7 Å². The van der Waals surface area contributed by atoms with Crippen molar-refractivity contribution < 1.29 is 0 Å². The molecule has 2 unspecified atom stereocenters. The minimum absolute atomic E-state index is 0.757. The molecule has 0 bridgehead atoms. The van der Waals surface area contributed by atoms with Crippen LogP contribution in [0.2, 0.25) is 0 Å². The zero-order valence-corrected chi connectivity index (χ0v) is 7.30. The first-order valence-corrected chi connectivity index (χ1v) is 4.37. The van der Waals surface area contributed by atoms with Gasteiger partial charge in [0.05, 0.1) is 0 Å². The van der Waals surface area contributed by atoms with Crippen molar-refractivity contribution in [2.45, 2.75) is 27.2 Å². The summed E-state index contributed by atoms with van der Waals surface area (Å²) >= 11 is 0. The third-order valence-electron chi connectivity index (χ3n) is 2.85. The fourth-order valence-corrected chi connectivity index (χ4v) is 1.83. The van der Waals surface area contributed by atoms with E-state index in [-0.39, 0.29) is 0 Å². The van der Waals surface area contributed by atoms with Crippen molar-refractivity contribution in [1.29, 1.82) is 0 Å². The van der Waals surface area contributed by atoms with Gasteiger partial charge in [0, 0.05) is 0 Å². The summed E-state index contributed by atoms with van der Waals surface area (Å²) in [7, 11) is 0. The zero-order valence-electron chi connectivity index (χ0n) is 7.30. The van der Waals surface area contributed by atoms with E-state index >= 15 is 0 Å². The van der Waals surface area contributed by atoms with Crippen LogP contribution in [0.5, 0.6) is 0 Å². The summed E-state index contributed by atoms with van der Waals surface area (Å²) in [4.78, 5) is 0. The first-order chi connectivity index (χ1) is 4.66. The highest BCUT2D eigenvalue weighted by Gasteiger charge is 2.41. The van der Waals surface area contributed by atoms with Crippen molar-refractivity contribution in [3.63, 3.8) is 0 Å². The van der Waals surface area contributed by atoms with Crippen molar-refractivity contribution in [1.82, 2.24) is 0 Å². The molecule has 1 aliphatic rings. The average molecular weight is 141 g/mol. The van der Waals surface area contributed by atoms with Gasteiger partial charge in [-0.2, -0.15) is 0 Å². The standard InChI is InChI=1S/C9H19N/c1-6(2)8-4-9(8)7(3)5-10/h6-9H,4-5,10H2,1-3H3/t7?,8-,9?/m0/s1. The maximum absolute atomic E-state index is 5.58. The van der Waals surface area contributed by atoms with Crippen LogP contribution in [0.15, 0.2) is 0 Å². The number of rotatable bonds is 3. The largest absolute Gasteiger partial charge is 0.330 e. The van der Waals surface area contributed by atoms with Crippen LogP contribution in [0.4, 0.5) is 0 Å². The Morgan fingerprint density at radius 1 is 1.30 bits per heavy atom. The Hall–Kier alpha value is -0.0400. The summed E-state index contributed by atoms with van der Waals surface area (Å²) in [6.07, 6.45) is 1.43. The molecule has 1 heteroatoms. The molecule has 0 aliphatic heterocycles. The maximum Gasteiger partial charge on any atom is -0.00487 e. The van der Waals surface area contributed by atoms with Gasteiger partial charge >= 0.3 is 0 Å². The molecule has 0 aromatic heterocycles. The van der Waals surface area contributed by atoms with E-state index in [9.17, 15) is 0 Å². The van der Waals surface area contributed by atoms with Gasteiger partial charge in [0.2, 0.25) is 0 Å². The van der Waals surface area contributed by atoms with Crippen molar-refractivity contribution in [3.8, 4) is 0 Å². The quantitative estimate of drug-likeness (QED) is 0.638. The highest BCUT2D eigenvalue weighted by atomic mass is 14.6. The molecule has 10 heavy (non-hydrogen) atoms. The summed E-state index contributed by atoms with van der Waals surface area (Å²) in [6, 6.07) is 0. The molecule has 1 rings (SSSR count). The molecule has 60 valence electrons. The van der Waals surface area contributed by atoms with Gasteiger partial charge in [0.1, 0.15) is 0 Å². The van der Waals surface area contributed by atoms with Gasteiger partial charge in [-0.15, -0.1) is 0 Å². The van der Waals surface area contributed by atoms with Crippen molar-refractivity contribution in [2.75, 3.05) is 6.54 Å². The Bertz CT molecular complexity index is 109. The van der Waals surface area contributed by atoms with E-state index in [4.69, 9.17) is 5.73 Å². The predicted octanol–water partition coefficient (Wildman–Crippen LogP) is 1.87. The topological polar surface area (TPSA) is 26.0 Å². The lowest BCUT2D eigenvalue weighted by Gasteiger charge is -2.08. The molecular formula is C9H19N. The van der Waals surface area contributed by atoms with E-state index in [1.54, 1.807) is 0 Å². The van der Waals surface area contributed by atoms with Gasteiger partial charge in [-0.05, 0) is 36.6 Å². The Labute approximate surface area is 64.0 Å². The van der Waals surface area contributed by atoms with E-state index < -0.39 is 0 Å². The second-order valence-electron chi connectivity index (χ2n) is 4.02. The van der Waals surface area contributed by atoms with Crippen molar-refractivity contribution in [3.05, 3.63) is 0 Å². The highest BCUT2D eigenvalue weighted by molar-refractivity contribution is 4.91. The lowest BCUT2D eigenvalue weighted by molar-refractivity contribution is 0.430. The van der Waals surface area contributed by atoms with E-state index in [0.717, 1.165) is 30.2 Å². The molecule has 1 fully saturated rings. The molecule has 0 heterocycles. The van der Waals surface area contributed by atoms with Gasteiger partial charge in [0.25, 0.3) is 0 Å². The molecule has 0 aromatic rings. The van der Waals surface area contributed by atoms with Gasteiger partial charge in [-0.3, -0.25) is 0 Å². The fraction of sp³-hybridized carbons (Fsp3) is 1.00. The lowest BCUT2D eigenvalue weighted by atomic mass is 10.00. The molecule has 0 spiro atoms. The Morgan fingerprint density at radius 3 is 2.20 bits per heavy atom.